The topological polar surface area (TPSA) is 86.6 Å². The summed E-state index contributed by atoms with van der Waals surface area (Å²) in [7, 11) is 0. The van der Waals surface area contributed by atoms with Crippen LogP contribution in [0.4, 0.5) is 13.2 Å². The van der Waals surface area contributed by atoms with Crippen LogP contribution >= 0.6 is 0 Å². The molecule has 0 saturated carbocycles. The van der Waals surface area contributed by atoms with Gasteiger partial charge in [0.1, 0.15) is 0 Å². The van der Waals surface area contributed by atoms with Crippen molar-refractivity contribution in [1.82, 2.24) is 5.32 Å². The predicted octanol–water partition coefficient (Wildman–Crippen LogP) is 0.671. The van der Waals surface area contributed by atoms with Gasteiger partial charge in [-0.05, 0) is 6.42 Å². The van der Waals surface area contributed by atoms with E-state index in [1.165, 1.54) is 6.92 Å². The van der Waals surface area contributed by atoms with Crippen LogP contribution in [0.5, 0.6) is 0 Å². The van der Waals surface area contributed by atoms with Crippen LogP contribution in [0.1, 0.15) is 26.2 Å². The maximum atomic E-state index is 11.8. The van der Waals surface area contributed by atoms with E-state index in [9.17, 15) is 27.9 Å². The molecule has 5 nitrogen and oxygen atoms in total. The fraction of sp³-hybridized carbons (Fsp3) is 0.778. The van der Waals surface area contributed by atoms with Crippen molar-refractivity contribution >= 4 is 11.9 Å². The molecule has 3 N–H and O–H groups in total. The Morgan fingerprint density at radius 3 is 2.12 bits per heavy atom. The summed E-state index contributed by atoms with van der Waals surface area (Å²) in [6.45, 7) is 0.776. The normalized spacial score (nSPS) is 15.1. The van der Waals surface area contributed by atoms with E-state index in [4.69, 9.17) is 5.11 Å². The molecule has 0 spiro atoms. The number of carbonyl (C=O) groups excluding carboxylic acids is 1. The molecule has 0 bridgehead atoms. The predicted molar refractivity (Wildman–Crippen MR) is 51.2 cm³/mol. The molecule has 0 radical (unpaired) electrons. The van der Waals surface area contributed by atoms with Gasteiger partial charge in [-0.2, -0.15) is 13.2 Å². The summed E-state index contributed by atoms with van der Waals surface area (Å²) in [5.74, 6) is -3.10. The van der Waals surface area contributed by atoms with Crippen LogP contribution in [-0.4, -0.2) is 40.4 Å². The number of carboxylic acids is 1. The minimum atomic E-state index is -4.45. The van der Waals surface area contributed by atoms with Gasteiger partial charge in [0.15, 0.2) is 0 Å². The molecule has 0 saturated heterocycles. The fourth-order valence-electron chi connectivity index (χ4n) is 1.14. The van der Waals surface area contributed by atoms with Crippen molar-refractivity contribution in [2.75, 3.05) is 6.54 Å². The molecular weight excluding hydrogens is 243 g/mol. The third-order valence-corrected chi connectivity index (χ3v) is 2.04. The number of halogens is 3. The number of aliphatic carboxylic acids is 1. The Labute approximate surface area is 95.6 Å². The van der Waals surface area contributed by atoms with E-state index in [1.807, 2.05) is 0 Å². The molecule has 0 heterocycles. The zero-order valence-electron chi connectivity index (χ0n) is 9.17. The number of alkyl halides is 3. The van der Waals surface area contributed by atoms with E-state index in [-0.39, 0.29) is 12.8 Å². The van der Waals surface area contributed by atoms with E-state index >= 15 is 0 Å². The Kier molecular flexibility index (Phi) is 5.40. The standard InChI is InChI=1S/C9H14F3NO4/c1-2-3-8(17,7(15)16)6(14)13-5-4-9(10,11)12/h17H,2-5H2,1H3,(H,13,14)(H,15,16)/t8-/m0/s1. The molecule has 0 aromatic rings. The highest BCUT2D eigenvalue weighted by Crippen LogP contribution is 2.19. The Morgan fingerprint density at radius 2 is 1.76 bits per heavy atom. The largest absolute Gasteiger partial charge is 0.479 e. The van der Waals surface area contributed by atoms with Crippen LogP contribution in [0.25, 0.3) is 0 Å². The maximum absolute atomic E-state index is 11.8. The van der Waals surface area contributed by atoms with Crippen LogP contribution in [0, 0.1) is 0 Å². The molecule has 8 heteroatoms. The van der Waals surface area contributed by atoms with Crippen molar-refractivity contribution in [2.45, 2.75) is 38.0 Å². The second kappa shape index (κ2) is 5.85. The van der Waals surface area contributed by atoms with Crippen LogP contribution < -0.4 is 5.32 Å². The molecule has 0 fully saturated rings. The van der Waals surface area contributed by atoms with Gasteiger partial charge in [-0.15, -0.1) is 0 Å². The lowest BCUT2D eigenvalue weighted by atomic mass is 9.97. The number of nitrogens with one attached hydrogen (secondary N) is 1. The van der Waals surface area contributed by atoms with Gasteiger partial charge >= 0.3 is 12.1 Å². The van der Waals surface area contributed by atoms with Crippen LogP contribution in [-0.2, 0) is 9.59 Å². The second-order valence-corrected chi connectivity index (χ2v) is 3.54. The van der Waals surface area contributed by atoms with Crippen molar-refractivity contribution < 1.29 is 33.0 Å². The van der Waals surface area contributed by atoms with Crippen molar-refractivity contribution in [2.24, 2.45) is 0 Å². The average molecular weight is 257 g/mol. The number of aliphatic hydroxyl groups is 1. The molecule has 1 amide bonds. The third-order valence-electron chi connectivity index (χ3n) is 2.04. The summed E-state index contributed by atoms with van der Waals surface area (Å²) < 4.78 is 35.3. The number of carboxylic acid groups (broad SMARTS) is 1. The van der Waals surface area contributed by atoms with E-state index in [0.717, 1.165) is 0 Å². The van der Waals surface area contributed by atoms with Gasteiger partial charge < -0.3 is 15.5 Å². The average Bonchev–Trinajstić information content (AvgIpc) is 2.15. The SMILES string of the molecule is CCC[C@@](O)(C(=O)O)C(=O)NCCC(F)(F)F. The highest BCUT2D eigenvalue weighted by atomic mass is 19.4. The van der Waals surface area contributed by atoms with Crippen molar-refractivity contribution in [1.29, 1.82) is 0 Å². The number of amides is 1. The first-order chi connectivity index (χ1) is 7.63. The molecule has 0 aliphatic carbocycles. The smallest absolute Gasteiger partial charge is 0.390 e. The van der Waals surface area contributed by atoms with Crippen LogP contribution in [0.3, 0.4) is 0 Å². The first kappa shape index (κ1) is 15.7. The van der Waals surface area contributed by atoms with Gasteiger partial charge in [-0.25, -0.2) is 4.79 Å². The lowest BCUT2D eigenvalue weighted by Gasteiger charge is -2.21. The number of rotatable bonds is 6. The molecule has 100 valence electrons. The number of hydrogen-bond acceptors (Lipinski definition) is 3. The summed E-state index contributed by atoms with van der Waals surface area (Å²) >= 11 is 0. The highest BCUT2D eigenvalue weighted by Gasteiger charge is 2.43. The molecule has 17 heavy (non-hydrogen) atoms. The molecule has 0 aromatic carbocycles. The Bertz CT molecular complexity index is 292. The van der Waals surface area contributed by atoms with Gasteiger partial charge in [-0.3, -0.25) is 4.79 Å². The van der Waals surface area contributed by atoms with E-state index < -0.39 is 36.6 Å². The van der Waals surface area contributed by atoms with Gasteiger partial charge in [0.2, 0.25) is 5.60 Å². The number of hydrogen-bond donors (Lipinski definition) is 3. The van der Waals surface area contributed by atoms with Gasteiger partial charge in [0.25, 0.3) is 5.91 Å². The first-order valence-corrected chi connectivity index (χ1v) is 4.94. The molecule has 0 unspecified atom stereocenters. The zero-order valence-corrected chi connectivity index (χ0v) is 9.17. The molecule has 1 atom stereocenters. The Morgan fingerprint density at radius 1 is 1.24 bits per heavy atom. The molecule has 0 aromatic heterocycles. The molecule has 0 aliphatic heterocycles. The third kappa shape index (κ3) is 5.03. The quantitative estimate of drug-likeness (QED) is 0.610. The zero-order chi connectivity index (χ0) is 13.7. The maximum Gasteiger partial charge on any atom is 0.390 e. The van der Waals surface area contributed by atoms with Gasteiger partial charge in [-0.1, -0.05) is 13.3 Å². The molecule has 0 aliphatic rings. The lowest BCUT2D eigenvalue weighted by Crippen LogP contribution is -2.53. The summed E-state index contributed by atoms with van der Waals surface area (Å²) in [6, 6.07) is 0. The van der Waals surface area contributed by atoms with Crippen LogP contribution in [0.2, 0.25) is 0 Å². The van der Waals surface area contributed by atoms with Gasteiger partial charge in [0.05, 0.1) is 6.42 Å². The van der Waals surface area contributed by atoms with Crippen LogP contribution in [0.15, 0.2) is 0 Å². The van der Waals surface area contributed by atoms with E-state index in [1.54, 1.807) is 5.32 Å². The van der Waals surface area contributed by atoms with E-state index in [0.29, 0.717) is 0 Å². The van der Waals surface area contributed by atoms with Crippen molar-refractivity contribution in [3.63, 3.8) is 0 Å². The van der Waals surface area contributed by atoms with Crippen molar-refractivity contribution in [3.8, 4) is 0 Å². The highest BCUT2D eigenvalue weighted by molar-refractivity contribution is 6.04. The summed E-state index contributed by atoms with van der Waals surface area (Å²) in [6.07, 6.45) is -5.88. The molecular formula is C9H14F3NO4. The summed E-state index contributed by atoms with van der Waals surface area (Å²) in [5.41, 5.74) is -2.67. The Hall–Kier alpha value is -1.31. The molecule has 0 rings (SSSR count). The van der Waals surface area contributed by atoms with E-state index in [2.05, 4.69) is 0 Å². The second-order valence-electron chi connectivity index (χ2n) is 3.54. The lowest BCUT2D eigenvalue weighted by molar-refractivity contribution is -0.167. The summed E-state index contributed by atoms with van der Waals surface area (Å²) in [5, 5.41) is 19.9. The monoisotopic (exact) mass is 257 g/mol. The van der Waals surface area contributed by atoms with Gasteiger partial charge in [0, 0.05) is 6.54 Å². The number of carbonyl (C=O) groups is 2. The van der Waals surface area contributed by atoms with Crippen molar-refractivity contribution in [3.05, 3.63) is 0 Å². The fourth-order valence-corrected chi connectivity index (χ4v) is 1.14. The minimum absolute atomic E-state index is 0.204. The summed E-state index contributed by atoms with van der Waals surface area (Å²) in [4.78, 5) is 22.0. The minimum Gasteiger partial charge on any atom is -0.479 e. The first-order valence-electron chi connectivity index (χ1n) is 4.94. The Balaban J connectivity index is 4.41.